The van der Waals surface area contributed by atoms with Crippen LogP contribution in [0.15, 0.2) is 48.8 Å². The van der Waals surface area contributed by atoms with Gasteiger partial charge in [0.05, 0.1) is 24.2 Å². The predicted molar refractivity (Wildman–Crippen MR) is 96.5 cm³/mol. The molecule has 0 aliphatic rings. The second-order valence-electron chi connectivity index (χ2n) is 5.49. The molecule has 0 fully saturated rings. The summed E-state index contributed by atoms with van der Waals surface area (Å²) in [5.74, 6) is 0.846. The van der Waals surface area contributed by atoms with E-state index in [1.807, 2.05) is 30.3 Å². The molecule has 25 heavy (non-hydrogen) atoms. The number of benzene rings is 2. The molecule has 7 nitrogen and oxygen atoms in total. The van der Waals surface area contributed by atoms with Gasteiger partial charge in [-0.05, 0) is 29.8 Å². The topological polar surface area (TPSA) is 116 Å². The minimum absolute atomic E-state index is 0.152. The van der Waals surface area contributed by atoms with E-state index in [2.05, 4.69) is 15.3 Å². The lowest BCUT2D eigenvalue weighted by Crippen LogP contribution is -2.21. The number of hydrogen-bond donors (Lipinski definition) is 3. The van der Waals surface area contributed by atoms with Gasteiger partial charge >= 0.3 is 0 Å². The summed E-state index contributed by atoms with van der Waals surface area (Å²) in [6.07, 6.45) is 1.40. The molecule has 1 amide bonds. The quantitative estimate of drug-likeness (QED) is 0.632. The summed E-state index contributed by atoms with van der Waals surface area (Å²) in [5, 5.41) is 4.04. The third-order valence-electron chi connectivity index (χ3n) is 4.00. The maximum Gasteiger partial charge on any atom is 0.250 e. The van der Waals surface area contributed by atoms with Gasteiger partial charge in [0.15, 0.2) is 0 Å². The Morgan fingerprint density at radius 1 is 1.20 bits per heavy atom. The first-order valence-corrected chi connectivity index (χ1v) is 7.78. The minimum Gasteiger partial charge on any atom is -0.497 e. The summed E-state index contributed by atoms with van der Waals surface area (Å²) in [6.45, 7) is 0.368. The van der Waals surface area contributed by atoms with Crippen LogP contribution in [0.4, 0.5) is 5.82 Å². The molecule has 7 heteroatoms. The van der Waals surface area contributed by atoms with Gasteiger partial charge in [0, 0.05) is 11.9 Å². The number of carbonyl (C=O) groups is 1. The summed E-state index contributed by atoms with van der Waals surface area (Å²) in [4.78, 5) is 20.1. The molecule has 1 aromatic heterocycles. The van der Waals surface area contributed by atoms with Gasteiger partial charge in [-0.25, -0.2) is 9.97 Å². The molecular formula is C18H19N5O2. The van der Waals surface area contributed by atoms with Gasteiger partial charge < -0.3 is 21.5 Å². The summed E-state index contributed by atoms with van der Waals surface area (Å²) in [5.41, 5.74) is 13.2. The fourth-order valence-corrected chi connectivity index (χ4v) is 2.68. The maximum absolute atomic E-state index is 11.6. The van der Waals surface area contributed by atoms with Crippen molar-refractivity contribution in [3.05, 3.63) is 59.9 Å². The number of amides is 1. The first-order valence-electron chi connectivity index (χ1n) is 7.78. The van der Waals surface area contributed by atoms with Gasteiger partial charge in [0.25, 0.3) is 5.91 Å². The molecule has 0 aliphatic heterocycles. The number of methoxy groups -OCH3 is 1. The number of para-hydroxylation sites is 1. The largest absolute Gasteiger partial charge is 0.497 e. The fraction of sp³-hybridized carbons (Fsp3) is 0.167. The Bertz CT molecular complexity index is 896. The highest BCUT2D eigenvalue weighted by Gasteiger charge is 2.15. The van der Waals surface area contributed by atoms with E-state index in [9.17, 15) is 4.79 Å². The Hall–Kier alpha value is -3.19. The molecule has 0 bridgehead atoms. The monoisotopic (exact) mass is 337 g/mol. The number of aromatic nitrogens is 2. The summed E-state index contributed by atoms with van der Waals surface area (Å²) < 4.78 is 5.18. The van der Waals surface area contributed by atoms with E-state index < -0.39 is 5.91 Å². The molecule has 0 saturated heterocycles. The van der Waals surface area contributed by atoms with Gasteiger partial charge in [-0.15, -0.1) is 0 Å². The van der Waals surface area contributed by atoms with Gasteiger partial charge in [0.1, 0.15) is 17.9 Å². The van der Waals surface area contributed by atoms with Crippen molar-refractivity contribution in [1.82, 2.24) is 9.97 Å². The number of nitrogens with two attached hydrogens (primary N) is 2. The number of ether oxygens (including phenoxy) is 1. The maximum atomic E-state index is 11.6. The minimum atomic E-state index is -0.527. The highest BCUT2D eigenvalue weighted by atomic mass is 16.5. The number of primary amides is 1. The van der Waals surface area contributed by atoms with Crippen LogP contribution in [-0.4, -0.2) is 29.5 Å². The number of anilines is 1. The molecular weight excluding hydrogens is 318 g/mol. The lowest BCUT2D eigenvalue weighted by molar-refractivity contribution is 0.100. The summed E-state index contributed by atoms with van der Waals surface area (Å²) >= 11 is 0. The number of hydrogen-bond acceptors (Lipinski definition) is 6. The Morgan fingerprint density at radius 2 is 1.96 bits per heavy atom. The predicted octanol–water partition coefficient (Wildman–Crippen LogP) is 1.85. The molecule has 0 radical (unpaired) electrons. The van der Waals surface area contributed by atoms with E-state index in [1.165, 1.54) is 6.33 Å². The van der Waals surface area contributed by atoms with E-state index in [0.29, 0.717) is 28.8 Å². The lowest BCUT2D eigenvalue weighted by atomic mass is 10.1. The van der Waals surface area contributed by atoms with Crippen LogP contribution in [0.5, 0.6) is 5.75 Å². The van der Waals surface area contributed by atoms with Crippen LogP contribution in [-0.2, 0) is 0 Å². The van der Waals surface area contributed by atoms with Crippen molar-refractivity contribution in [2.45, 2.75) is 6.04 Å². The van der Waals surface area contributed by atoms with E-state index in [1.54, 1.807) is 19.2 Å². The number of fused-ring (bicyclic) bond motifs is 1. The lowest BCUT2D eigenvalue weighted by Gasteiger charge is -2.19. The van der Waals surface area contributed by atoms with Gasteiger partial charge in [-0.2, -0.15) is 0 Å². The zero-order valence-electron chi connectivity index (χ0n) is 13.8. The third-order valence-corrected chi connectivity index (χ3v) is 4.00. The second-order valence-corrected chi connectivity index (χ2v) is 5.49. The summed E-state index contributed by atoms with van der Waals surface area (Å²) in [7, 11) is 1.62. The van der Waals surface area contributed by atoms with E-state index in [0.717, 1.165) is 11.3 Å². The van der Waals surface area contributed by atoms with Crippen molar-refractivity contribution < 1.29 is 9.53 Å². The first-order chi connectivity index (χ1) is 12.1. The zero-order valence-corrected chi connectivity index (χ0v) is 13.8. The average molecular weight is 337 g/mol. The van der Waals surface area contributed by atoms with Crippen molar-refractivity contribution in [3.63, 3.8) is 0 Å². The van der Waals surface area contributed by atoms with Gasteiger partial charge in [0.2, 0.25) is 0 Å². The Balaban J connectivity index is 1.98. The van der Waals surface area contributed by atoms with Crippen LogP contribution in [0.2, 0.25) is 0 Å². The zero-order chi connectivity index (χ0) is 17.8. The van der Waals surface area contributed by atoms with E-state index >= 15 is 0 Å². The molecule has 3 aromatic rings. The smallest absolute Gasteiger partial charge is 0.250 e. The van der Waals surface area contributed by atoms with Crippen molar-refractivity contribution >= 4 is 22.6 Å². The standard InChI is InChI=1S/C18H19N5O2/c1-25-12-7-5-11(6-8-12)15(9-19)23-18-14-4-2-3-13(17(20)24)16(14)21-10-22-18/h2-8,10,15H,9,19H2,1H3,(H2,20,24)(H,21,22,23). The van der Waals surface area contributed by atoms with Crippen molar-refractivity contribution in [2.24, 2.45) is 11.5 Å². The molecule has 1 atom stereocenters. The number of rotatable bonds is 6. The van der Waals surface area contributed by atoms with Crippen molar-refractivity contribution in [1.29, 1.82) is 0 Å². The Kier molecular flexibility index (Phi) is 4.76. The summed E-state index contributed by atoms with van der Waals surface area (Å²) in [6, 6.07) is 12.7. The normalized spacial score (nSPS) is 11.9. The van der Waals surface area contributed by atoms with Crippen LogP contribution >= 0.6 is 0 Å². The first kappa shape index (κ1) is 16.7. The van der Waals surface area contributed by atoms with E-state index in [4.69, 9.17) is 16.2 Å². The molecule has 0 spiro atoms. The number of carbonyl (C=O) groups excluding carboxylic acids is 1. The molecule has 1 heterocycles. The molecule has 1 unspecified atom stereocenters. The third kappa shape index (κ3) is 3.36. The molecule has 0 aliphatic carbocycles. The molecule has 3 rings (SSSR count). The van der Waals surface area contributed by atoms with Crippen molar-refractivity contribution in [2.75, 3.05) is 19.0 Å². The molecule has 5 N–H and O–H groups in total. The Morgan fingerprint density at radius 3 is 2.60 bits per heavy atom. The molecule has 2 aromatic carbocycles. The van der Waals surface area contributed by atoms with Crippen LogP contribution in [0.1, 0.15) is 22.0 Å². The van der Waals surface area contributed by atoms with E-state index in [-0.39, 0.29) is 6.04 Å². The molecule has 128 valence electrons. The van der Waals surface area contributed by atoms with Crippen LogP contribution < -0.4 is 21.5 Å². The van der Waals surface area contributed by atoms with Gasteiger partial charge in [-0.3, -0.25) is 4.79 Å². The van der Waals surface area contributed by atoms with Gasteiger partial charge in [-0.1, -0.05) is 18.2 Å². The highest BCUT2D eigenvalue weighted by molar-refractivity contribution is 6.06. The SMILES string of the molecule is COc1ccc(C(CN)Nc2ncnc3c(C(N)=O)cccc23)cc1. The Labute approximate surface area is 145 Å². The number of nitrogens with one attached hydrogen (secondary N) is 1. The van der Waals surface area contributed by atoms with Crippen molar-refractivity contribution in [3.8, 4) is 5.75 Å². The number of nitrogens with zero attached hydrogens (tertiary/aromatic N) is 2. The highest BCUT2D eigenvalue weighted by Crippen LogP contribution is 2.26. The fourth-order valence-electron chi connectivity index (χ4n) is 2.68. The molecule has 0 saturated carbocycles. The van der Waals surface area contributed by atoms with Crippen LogP contribution in [0.3, 0.4) is 0 Å². The van der Waals surface area contributed by atoms with Crippen LogP contribution in [0, 0.1) is 0 Å². The van der Waals surface area contributed by atoms with Crippen LogP contribution in [0.25, 0.3) is 10.9 Å². The second kappa shape index (κ2) is 7.14. The average Bonchev–Trinajstić information content (AvgIpc) is 2.65.